The Balaban J connectivity index is 2.49. The Labute approximate surface area is 92.6 Å². The second-order valence-corrected chi connectivity index (χ2v) is 3.48. The van der Waals surface area contributed by atoms with E-state index < -0.39 is 17.8 Å². The van der Waals surface area contributed by atoms with Crippen LogP contribution in [-0.2, 0) is 11.2 Å². The van der Waals surface area contributed by atoms with E-state index in [4.69, 9.17) is 9.63 Å². The van der Waals surface area contributed by atoms with Gasteiger partial charge in [0.1, 0.15) is 5.76 Å². The molecule has 0 radical (unpaired) electrons. The van der Waals surface area contributed by atoms with Crippen LogP contribution in [0.1, 0.15) is 30.1 Å². The number of amides is 1. The molecule has 0 saturated carbocycles. The molecule has 1 atom stereocenters. The van der Waals surface area contributed by atoms with Crippen molar-refractivity contribution in [1.29, 1.82) is 0 Å². The van der Waals surface area contributed by atoms with E-state index in [1.165, 1.54) is 6.92 Å². The Morgan fingerprint density at radius 2 is 2.31 bits per heavy atom. The molecule has 0 spiro atoms. The van der Waals surface area contributed by atoms with E-state index >= 15 is 0 Å². The lowest BCUT2D eigenvalue weighted by Crippen LogP contribution is -2.31. The Morgan fingerprint density at radius 1 is 1.62 bits per heavy atom. The molecule has 6 nitrogen and oxygen atoms in total. The highest BCUT2D eigenvalue weighted by molar-refractivity contribution is 5.92. The molecule has 1 unspecified atom stereocenters. The number of carboxylic acid groups (broad SMARTS) is 1. The topological polar surface area (TPSA) is 92.4 Å². The first-order valence-corrected chi connectivity index (χ1v) is 5.01. The summed E-state index contributed by atoms with van der Waals surface area (Å²) in [6.45, 7) is 3.47. The summed E-state index contributed by atoms with van der Waals surface area (Å²) < 4.78 is 4.86. The summed E-state index contributed by atoms with van der Waals surface area (Å²) in [4.78, 5) is 22.0. The molecule has 88 valence electrons. The highest BCUT2D eigenvalue weighted by Gasteiger charge is 2.15. The van der Waals surface area contributed by atoms with Gasteiger partial charge in [-0.15, -0.1) is 0 Å². The van der Waals surface area contributed by atoms with Crippen LogP contribution in [0.3, 0.4) is 0 Å². The van der Waals surface area contributed by atoms with Crippen LogP contribution in [0.5, 0.6) is 0 Å². The van der Waals surface area contributed by atoms with Crippen molar-refractivity contribution < 1.29 is 19.2 Å². The fourth-order valence-electron chi connectivity index (χ4n) is 1.01. The van der Waals surface area contributed by atoms with Gasteiger partial charge in [-0.3, -0.25) is 9.59 Å². The zero-order valence-electron chi connectivity index (χ0n) is 9.19. The van der Waals surface area contributed by atoms with Gasteiger partial charge in [-0.25, -0.2) is 0 Å². The number of aryl methyl sites for hydroxylation is 1. The van der Waals surface area contributed by atoms with Gasteiger partial charge < -0.3 is 14.9 Å². The smallest absolute Gasteiger partial charge is 0.308 e. The maximum atomic E-state index is 11.5. The molecule has 0 fully saturated rings. The van der Waals surface area contributed by atoms with E-state index in [2.05, 4.69) is 10.5 Å². The largest absolute Gasteiger partial charge is 0.481 e. The lowest BCUT2D eigenvalue weighted by Gasteiger charge is -2.06. The predicted octanol–water partition coefficient (Wildman–Crippen LogP) is 0.687. The molecular formula is C10H14N2O4. The molecule has 16 heavy (non-hydrogen) atoms. The minimum absolute atomic E-state index is 0.0719. The van der Waals surface area contributed by atoms with Crippen molar-refractivity contribution in [3.05, 3.63) is 17.5 Å². The van der Waals surface area contributed by atoms with Gasteiger partial charge in [0.05, 0.1) is 5.92 Å². The molecule has 0 aliphatic carbocycles. The first-order valence-electron chi connectivity index (χ1n) is 5.01. The highest BCUT2D eigenvalue weighted by Crippen LogP contribution is 2.04. The van der Waals surface area contributed by atoms with Crippen LogP contribution < -0.4 is 5.32 Å². The molecule has 1 aromatic heterocycles. The van der Waals surface area contributed by atoms with Crippen LogP contribution in [0.2, 0.25) is 0 Å². The van der Waals surface area contributed by atoms with Crippen molar-refractivity contribution in [2.24, 2.45) is 5.92 Å². The summed E-state index contributed by atoms with van der Waals surface area (Å²) in [5.74, 6) is -1.37. The van der Waals surface area contributed by atoms with Gasteiger partial charge >= 0.3 is 5.97 Å². The van der Waals surface area contributed by atoms with Crippen molar-refractivity contribution in [2.45, 2.75) is 20.3 Å². The normalized spacial score (nSPS) is 12.1. The van der Waals surface area contributed by atoms with Crippen LogP contribution in [0.15, 0.2) is 10.6 Å². The first-order chi connectivity index (χ1) is 7.54. The lowest BCUT2D eigenvalue weighted by atomic mass is 10.2. The average molecular weight is 226 g/mol. The van der Waals surface area contributed by atoms with Crippen molar-refractivity contribution in [3.8, 4) is 0 Å². The van der Waals surface area contributed by atoms with Crippen LogP contribution in [0.25, 0.3) is 0 Å². The van der Waals surface area contributed by atoms with Crippen LogP contribution in [0.4, 0.5) is 0 Å². The number of carbonyl (C=O) groups excluding carboxylic acids is 1. The second kappa shape index (κ2) is 5.29. The van der Waals surface area contributed by atoms with Gasteiger partial charge in [0.15, 0.2) is 5.69 Å². The quantitative estimate of drug-likeness (QED) is 0.770. The SMILES string of the molecule is CCc1cc(C(=O)NCC(C)C(=O)O)no1. The van der Waals surface area contributed by atoms with E-state index in [-0.39, 0.29) is 12.2 Å². The van der Waals surface area contributed by atoms with Crippen LogP contribution in [0, 0.1) is 5.92 Å². The van der Waals surface area contributed by atoms with Gasteiger partial charge in [-0.2, -0.15) is 0 Å². The number of aromatic nitrogens is 1. The van der Waals surface area contributed by atoms with E-state index in [1.54, 1.807) is 6.07 Å². The molecule has 0 aromatic carbocycles. The Bertz CT molecular complexity index is 386. The molecule has 1 amide bonds. The third kappa shape index (κ3) is 3.08. The summed E-state index contributed by atoms with van der Waals surface area (Å²) in [6.07, 6.45) is 0.659. The fourth-order valence-corrected chi connectivity index (χ4v) is 1.01. The van der Waals surface area contributed by atoms with E-state index in [0.717, 1.165) is 0 Å². The summed E-state index contributed by atoms with van der Waals surface area (Å²) in [5.41, 5.74) is 0.175. The molecule has 1 heterocycles. The Hall–Kier alpha value is -1.85. The zero-order valence-corrected chi connectivity index (χ0v) is 9.19. The Kier molecular flexibility index (Phi) is 4.04. The second-order valence-electron chi connectivity index (χ2n) is 3.48. The number of nitrogens with one attached hydrogen (secondary N) is 1. The van der Waals surface area contributed by atoms with Crippen molar-refractivity contribution in [2.75, 3.05) is 6.54 Å². The standard InChI is InChI=1S/C10H14N2O4/c1-3-7-4-8(12-16-7)9(13)11-5-6(2)10(14)15/h4,6H,3,5H2,1-2H3,(H,11,13)(H,14,15). The highest BCUT2D eigenvalue weighted by atomic mass is 16.5. The number of hydrogen-bond acceptors (Lipinski definition) is 4. The monoisotopic (exact) mass is 226 g/mol. The number of rotatable bonds is 5. The molecular weight excluding hydrogens is 212 g/mol. The summed E-state index contributed by atoms with van der Waals surface area (Å²) in [6, 6.07) is 1.54. The number of carbonyl (C=O) groups is 2. The van der Waals surface area contributed by atoms with Gasteiger partial charge in [-0.05, 0) is 0 Å². The minimum atomic E-state index is -0.949. The first kappa shape index (κ1) is 12.2. The molecule has 0 bridgehead atoms. The van der Waals surface area contributed by atoms with E-state index in [1.807, 2.05) is 6.92 Å². The van der Waals surface area contributed by atoms with Gasteiger partial charge in [0.25, 0.3) is 5.91 Å². The predicted molar refractivity (Wildman–Crippen MR) is 55.0 cm³/mol. The van der Waals surface area contributed by atoms with Crippen molar-refractivity contribution in [1.82, 2.24) is 10.5 Å². The third-order valence-corrected chi connectivity index (χ3v) is 2.13. The summed E-state index contributed by atoms with van der Waals surface area (Å²) in [5, 5.41) is 14.7. The van der Waals surface area contributed by atoms with Gasteiger partial charge in [0.2, 0.25) is 0 Å². The zero-order chi connectivity index (χ0) is 12.1. The number of aliphatic carboxylic acids is 1. The van der Waals surface area contributed by atoms with Crippen LogP contribution in [-0.4, -0.2) is 28.7 Å². The average Bonchev–Trinajstić information content (AvgIpc) is 2.73. The number of hydrogen-bond donors (Lipinski definition) is 2. The summed E-state index contributed by atoms with van der Waals surface area (Å²) >= 11 is 0. The summed E-state index contributed by atoms with van der Waals surface area (Å²) in [7, 11) is 0. The van der Waals surface area contributed by atoms with Gasteiger partial charge in [-0.1, -0.05) is 19.0 Å². The molecule has 0 saturated heterocycles. The van der Waals surface area contributed by atoms with Crippen molar-refractivity contribution in [3.63, 3.8) is 0 Å². The minimum Gasteiger partial charge on any atom is -0.481 e. The lowest BCUT2D eigenvalue weighted by molar-refractivity contribution is -0.140. The molecule has 1 aromatic rings. The van der Waals surface area contributed by atoms with Crippen LogP contribution >= 0.6 is 0 Å². The maximum Gasteiger partial charge on any atom is 0.308 e. The molecule has 1 rings (SSSR count). The molecule has 0 aliphatic rings. The van der Waals surface area contributed by atoms with E-state index in [9.17, 15) is 9.59 Å². The van der Waals surface area contributed by atoms with E-state index in [0.29, 0.717) is 12.2 Å². The molecule has 0 aliphatic heterocycles. The molecule has 6 heteroatoms. The number of carboxylic acids is 1. The maximum absolute atomic E-state index is 11.5. The van der Waals surface area contributed by atoms with Gasteiger partial charge in [0, 0.05) is 19.0 Å². The number of nitrogens with zero attached hydrogens (tertiary/aromatic N) is 1. The van der Waals surface area contributed by atoms with Crippen molar-refractivity contribution >= 4 is 11.9 Å². The molecule has 2 N–H and O–H groups in total. The fraction of sp³-hybridized carbons (Fsp3) is 0.500. The Morgan fingerprint density at radius 3 is 2.81 bits per heavy atom. The third-order valence-electron chi connectivity index (χ3n) is 2.13.